The van der Waals surface area contributed by atoms with E-state index in [-0.39, 0.29) is 11.6 Å². The van der Waals surface area contributed by atoms with Crippen molar-refractivity contribution in [3.8, 4) is 0 Å². The molecule has 21 heavy (non-hydrogen) atoms. The SMILES string of the molecule is N=C(N)c1ccc(S(=O)(=O)CCSC2CCCCC2)cc1. The number of hydrogen-bond donors (Lipinski definition) is 2. The molecule has 4 nitrogen and oxygen atoms in total. The highest BCUT2D eigenvalue weighted by Crippen LogP contribution is 2.28. The van der Waals surface area contributed by atoms with Crippen molar-refractivity contribution in [1.82, 2.24) is 0 Å². The van der Waals surface area contributed by atoms with Gasteiger partial charge in [0.15, 0.2) is 9.84 Å². The summed E-state index contributed by atoms with van der Waals surface area (Å²) in [7, 11) is -3.24. The molecule has 3 N–H and O–H groups in total. The van der Waals surface area contributed by atoms with Gasteiger partial charge in [-0.3, -0.25) is 5.41 Å². The summed E-state index contributed by atoms with van der Waals surface area (Å²) < 4.78 is 24.5. The van der Waals surface area contributed by atoms with Gasteiger partial charge >= 0.3 is 0 Å². The molecule has 2 rings (SSSR count). The number of hydrogen-bond acceptors (Lipinski definition) is 4. The molecule has 0 bridgehead atoms. The lowest BCUT2D eigenvalue weighted by atomic mass is 10.0. The van der Waals surface area contributed by atoms with E-state index in [9.17, 15) is 8.42 Å². The van der Waals surface area contributed by atoms with Gasteiger partial charge in [-0.05, 0) is 25.0 Å². The molecular formula is C15H22N2O2S2. The van der Waals surface area contributed by atoms with Crippen LogP contribution in [0, 0.1) is 5.41 Å². The first-order chi connectivity index (χ1) is 9.99. The monoisotopic (exact) mass is 326 g/mol. The van der Waals surface area contributed by atoms with E-state index in [2.05, 4.69) is 0 Å². The van der Waals surface area contributed by atoms with E-state index >= 15 is 0 Å². The van der Waals surface area contributed by atoms with E-state index in [1.807, 2.05) is 0 Å². The standard InChI is InChI=1S/C15H22N2O2S2/c16-15(17)12-6-8-14(9-7-12)21(18,19)11-10-20-13-4-2-1-3-5-13/h6-9,13H,1-5,10-11H2,(H3,16,17). The van der Waals surface area contributed by atoms with Gasteiger partial charge in [0.25, 0.3) is 0 Å². The zero-order valence-electron chi connectivity index (χ0n) is 12.0. The molecule has 1 fully saturated rings. The number of benzene rings is 1. The summed E-state index contributed by atoms with van der Waals surface area (Å²) in [6.07, 6.45) is 6.31. The molecule has 1 aliphatic carbocycles. The van der Waals surface area contributed by atoms with Crippen molar-refractivity contribution in [1.29, 1.82) is 5.41 Å². The van der Waals surface area contributed by atoms with Crippen molar-refractivity contribution in [2.75, 3.05) is 11.5 Å². The van der Waals surface area contributed by atoms with Crippen molar-refractivity contribution in [3.63, 3.8) is 0 Å². The molecular weight excluding hydrogens is 304 g/mol. The zero-order chi connectivity index (χ0) is 15.3. The lowest BCUT2D eigenvalue weighted by Gasteiger charge is -2.20. The van der Waals surface area contributed by atoms with Gasteiger partial charge in [0.1, 0.15) is 5.84 Å². The molecule has 0 heterocycles. The minimum atomic E-state index is -3.24. The third-order valence-corrected chi connectivity index (χ3v) is 7.16. The van der Waals surface area contributed by atoms with Crippen molar-refractivity contribution in [2.45, 2.75) is 42.2 Å². The van der Waals surface area contributed by atoms with Crippen molar-refractivity contribution in [2.24, 2.45) is 5.73 Å². The van der Waals surface area contributed by atoms with Crippen LogP contribution in [0.4, 0.5) is 0 Å². The predicted octanol–water partition coefficient (Wildman–Crippen LogP) is 2.81. The van der Waals surface area contributed by atoms with Crippen LogP contribution < -0.4 is 5.73 Å². The highest BCUT2D eigenvalue weighted by molar-refractivity contribution is 8.01. The van der Waals surface area contributed by atoms with E-state index in [1.54, 1.807) is 23.9 Å². The van der Waals surface area contributed by atoms with E-state index in [1.165, 1.54) is 44.2 Å². The maximum Gasteiger partial charge on any atom is 0.179 e. The second kappa shape index (κ2) is 7.31. The van der Waals surface area contributed by atoms with Crippen LogP contribution in [-0.2, 0) is 9.84 Å². The maximum absolute atomic E-state index is 12.3. The minimum absolute atomic E-state index is 0.0493. The van der Waals surface area contributed by atoms with E-state index in [0.29, 0.717) is 21.5 Å². The topological polar surface area (TPSA) is 84.0 Å². The molecule has 1 aromatic rings. The van der Waals surface area contributed by atoms with E-state index in [4.69, 9.17) is 11.1 Å². The number of nitrogens with two attached hydrogens (primary N) is 1. The Bertz CT molecular complexity index is 576. The summed E-state index contributed by atoms with van der Waals surface area (Å²) in [6, 6.07) is 6.25. The van der Waals surface area contributed by atoms with Crippen LogP contribution in [0.5, 0.6) is 0 Å². The molecule has 1 aromatic carbocycles. The fraction of sp³-hybridized carbons (Fsp3) is 0.533. The third-order valence-electron chi connectivity index (χ3n) is 3.78. The van der Waals surface area contributed by atoms with Crippen LogP contribution in [0.3, 0.4) is 0 Å². The average Bonchev–Trinajstić information content (AvgIpc) is 2.48. The highest BCUT2D eigenvalue weighted by atomic mass is 32.2. The molecule has 0 unspecified atom stereocenters. The van der Waals surface area contributed by atoms with Gasteiger partial charge < -0.3 is 5.73 Å². The summed E-state index contributed by atoms with van der Waals surface area (Å²) in [5.41, 5.74) is 5.91. The molecule has 0 amide bonds. The minimum Gasteiger partial charge on any atom is -0.384 e. The molecule has 1 saturated carbocycles. The molecule has 1 aliphatic rings. The van der Waals surface area contributed by atoms with Gasteiger partial charge in [0, 0.05) is 16.6 Å². The van der Waals surface area contributed by atoms with Crippen LogP contribution >= 0.6 is 11.8 Å². The largest absolute Gasteiger partial charge is 0.384 e. The highest BCUT2D eigenvalue weighted by Gasteiger charge is 2.18. The second-order valence-electron chi connectivity index (χ2n) is 5.39. The molecule has 0 saturated heterocycles. The van der Waals surface area contributed by atoms with Crippen molar-refractivity contribution in [3.05, 3.63) is 29.8 Å². The van der Waals surface area contributed by atoms with Gasteiger partial charge in [-0.2, -0.15) is 11.8 Å². The second-order valence-corrected chi connectivity index (χ2v) is 8.91. The van der Waals surface area contributed by atoms with Gasteiger partial charge in [-0.15, -0.1) is 0 Å². The number of rotatable bonds is 6. The Kier molecular flexibility index (Phi) is 5.70. The lowest BCUT2D eigenvalue weighted by molar-refractivity contribution is 0.516. The summed E-state index contributed by atoms with van der Waals surface area (Å²) in [4.78, 5) is 0.316. The number of nitrogens with one attached hydrogen (secondary N) is 1. The van der Waals surface area contributed by atoms with Gasteiger partial charge in [-0.1, -0.05) is 31.4 Å². The molecule has 116 valence electrons. The number of nitrogen functional groups attached to an aromatic ring is 1. The Morgan fingerprint density at radius 3 is 2.38 bits per heavy atom. The number of amidine groups is 1. The Morgan fingerprint density at radius 1 is 1.19 bits per heavy atom. The van der Waals surface area contributed by atoms with Crippen LogP contribution in [-0.4, -0.2) is 31.0 Å². The smallest absolute Gasteiger partial charge is 0.179 e. The summed E-state index contributed by atoms with van der Waals surface area (Å²) in [5.74, 6) is 0.779. The fourth-order valence-corrected chi connectivity index (χ4v) is 5.56. The Morgan fingerprint density at radius 2 is 1.81 bits per heavy atom. The quantitative estimate of drug-likeness (QED) is 0.622. The lowest BCUT2D eigenvalue weighted by Crippen LogP contribution is -2.14. The summed E-state index contributed by atoms with van der Waals surface area (Å²) >= 11 is 1.79. The zero-order valence-corrected chi connectivity index (χ0v) is 13.7. The molecule has 0 aliphatic heterocycles. The van der Waals surface area contributed by atoms with E-state index < -0.39 is 9.84 Å². The van der Waals surface area contributed by atoms with Crippen LogP contribution in [0.25, 0.3) is 0 Å². The predicted molar refractivity (Wildman–Crippen MR) is 88.8 cm³/mol. The molecule has 0 spiro atoms. The number of sulfone groups is 1. The van der Waals surface area contributed by atoms with Crippen molar-refractivity contribution < 1.29 is 8.42 Å². The van der Waals surface area contributed by atoms with Crippen LogP contribution in [0.1, 0.15) is 37.7 Å². The molecule has 6 heteroatoms. The van der Waals surface area contributed by atoms with Gasteiger partial charge in [-0.25, -0.2) is 8.42 Å². The first-order valence-electron chi connectivity index (χ1n) is 7.28. The van der Waals surface area contributed by atoms with Crippen LogP contribution in [0.15, 0.2) is 29.2 Å². The number of thioether (sulfide) groups is 1. The Labute approximate surface area is 130 Å². The first kappa shape index (κ1) is 16.4. The van der Waals surface area contributed by atoms with Gasteiger partial charge in [0.05, 0.1) is 10.6 Å². The van der Waals surface area contributed by atoms with Crippen molar-refractivity contribution >= 4 is 27.4 Å². The van der Waals surface area contributed by atoms with E-state index in [0.717, 1.165) is 0 Å². The molecule has 0 radical (unpaired) electrons. The normalized spacial score (nSPS) is 16.8. The average molecular weight is 326 g/mol. The first-order valence-corrected chi connectivity index (χ1v) is 9.98. The fourth-order valence-electron chi connectivity index (χ4n) is 2.52. The third kappa shape index (κ3) is 4.74. The maximum atomic E-state index is 12.3. The Balaban J connectivity index is 1.90. The summed E-state index contributed by atoms with van der Waals surface area (Å²) in [5, 5.41) is 7.94. The molecule has 0 aromatic heterocycles. The molecule has 0 atom stereocenters. The Hall–Kier alpha value is -1.01. The van der Waals surface area contributed by atoms with Crippen LogP contribution in [0.2, 0.25) is 0 Å². The van der Waals surface area contributed by atoms with Gasteiger partial charge in [0.2, 0.25) is 0 Å². The summed E-state index contributed by atoms with van der Waals surface area (Å²) in [6.45, 7) is 0.